The number of carbonyl (C=O) groups excluding carboxylic acids is 5. The molecular weight excluding hydrogens is 887 g/mol. The summed E-state index contributed by atoms with van der Waals surface area (Å²) in [6.07, 6.45) is 12.9. The molecule has 0 aliphatic rings. The Hall–Kier alpha value is -7.41. The van der Waals surface area contributed by atoms with Crippen molar-refractivity contribution >= 4 is 78.8 Å². The lowest BCUT2D eigenvalue weighted by Crippen LogP contribution is -2.30. The fraction of sp³-hybridized carbons (Fsp3) is 0.351. The van der Waals surface area contributed by atoms with E-state index in [1.165, 1.54) is 13.7 Å². The van der Waals surface area contributed by atoms with Gasteiger partial charge in [-0.15, -0.1) is 0 Å². The molecule has 0 spiro atoms. The molecule has 0 aliphatic carbocycles. The van der Waals surface area contributed by atoms with Gasteiger partial charge in [0.25, 0.3) is 0 Å². The number of ether oxygens (including phenoxy) is 5. The highest BCUT2D eigenvalue weighted by molar-refractivity contribution is 5.98. The van der Waals surface area contributed by atoms with Crippen molar-refractivity contribution in [3.63, 3.8) is 0 Å². The third-order valence-corrected chi connectivity index (χ3v) is 10.8. The van der Waals surface area contributed by atoms with Gasteiger partial charge in [0.15, 0.2) is 0 Å². The van der Waals surface area contributed by atoms with E-state index in [2.05, 4.69) is 0 Å². The van der Waals surface area contributed by atoms with Crippen molar-refractivity contribution in [2.24, 2.45) is 0 Å². The van der Waals surface area contributed by atoms with E-state index in [0.717, 1.165) is 33.4 Å². The van der Waals surface area contributed by atoms with Gasteiger partial charge in [0.2, 0.25) is 0 Å². The molecule has 0 fully saturated rings. The van der Waals surface area contributed by atoms with Gasteiger partial charge in [-0.2, -0.15) is 0 Å². The average Bonchev–Trinajstić information content (AvgIpc) is 3.87. The van der Waals surface area contributed by atoms with E-state index in [1.807, 2.05) is 132 Å². The van der Waals surface area contributed by atoms with Crippen molar-refractivity contribution < 1.29 is 47.7 Å². The number of carbonyl (C=O) groups is 5. The van der Waals surface area contributed by atoms with Crippen molar-refractivity contribution in [2.75, 3.05) is 13.2 Å². The molecule has 5 rings (SSSR count). The molecule has 0 amide bonds. The molecule has 3 aromatic heterocycles. The van der Waals surface area contributed by atoms with Crippen molar-refractivity contribution in [3.05, 3.63) is 139 Å². The SMILES string of the molecule is CCOC(=O)c1c(C)c(C)c(/C=C/c2ccc(/C=C/c3ccc(/C=C/c4ccc(/C=C/c5c(C)c(C)c(C(=O)OCC)n5C(=O)OC(C)(C)C)cc4)n3C(=O)OC(C)(C)C)cc2)n1C(=O)OC(C)(C)C. The van der Waals surface area contributed by atoms with E-state index in [-0.39, 0.29) is 24.6 Å². The Kier molecular flexibility index (Phi) is 16.8. The lowest BCUT2D eigenvalue weighted by molar-refractivity contribution is 0.0447. The summed E-state index contributed by atoms with van der Waals surface area (Å²) in [4.78, 5) is 66.7. The standard InChI is InChI=1S/C57H67N3O10/c1-16-66-50(61)48-38(5)36(3)46(59(48)53(64)69-56(10,11)12)34-28-42-22-18-40(19-23-42)26-30-44-32-33-45(58(44)52(63)68-55(7,8)9)31-27-41-20-24-43(25-21-41)29-35-47-37(4)39(6)49(51(62)67-17-2)60(47)54(65)70-57(13,14)15/h18-35H,16-17H2,1-15H3/b30-26+,31-27+,34-28+,35-29+. The first-order chi connectivity index (χ1) is 32.7. The van der Waals surface area contributed by atoms with Crippen LogP contribution in [0.3, 0.4) is 0 Å². The van der Waals surface area contributed by atoms with Crippen LogP contribution in [0.15, 0.2) is 60.7 Å². The van der Waals surface area contributed by atoms with Crippen LogP contribution in [0, 0.1) is 27.7 Å². The predicted octanol–water partition coefficient (Wildman–Crippen LogP) is 13.7. The fourth-order valence-corrected chi connectivity index (χ4v) is 7.33. The molecular formula is C57H67N3O10. The molecule has 0 saturated carbocycles. The monoisotopic (exact) mass is 953 g/mol. The van der Waals surface area contributed by atoms with Crippen LogP contribution >= 0.6 is 0 Å². The summed E-state index contributed by atoms with van der Waals surface area (Å²) in [6.45, 7) is 27.1. The number of aromatic nitrogens is 3. The van der Waals surface area contributed by atoms with Crippen molar-refractivity contribution in [1.29, 1.82) is 0 Å². The molecule has 0 N–H and O–H groups in total. The van der Waals surface area contributed by atoms with Gasteiger partial charge >= 0.3 is 30.2 Å². The van der Waals surface area contributed by atoms with Gasteiger partial charge < -0.3 is 23.7 Å². The zero-order valence-electron chi connectivity index (χ0n) is 43.2. The Labute approximate surface area is 412 Å². The first-order valence-electron chi connectivity index (χ1n) is 23.4. The second-order valence-electron chi connectivity index (χ2n) is 19.7. The smallest absolute Gasteiger partial charge is 0.419 e. The molecule has 0 radical (unpaired) electrons. The molecule has 0 bridgehead atoms. The molecule has 13 nitrogen and oxygen atoms in total. The second-order valence-corrected chi connectivity index (χ2v) is 19.7. The maximum absolute atomic E-state index is 13.7. The molecule has 0 aliphatic heterocycles. The van der Waals surface area contributed by atoms with Crippen molar-refractivity contribution in [3.8, 4) is 0 Å². The zero-order valence-corrected chi connectivity index (χ0v) is 43.2. The maximum Gasteiger partial charge on any atom is 0.419 e. The minimum Gasteiger partial charge on any atom is -0.461 e. The van der Waals surface area contributed by atoms with Gasteiger partial charge in [-0.1, -0.05) is 72.8 Å². The van der Waals surface area contributed by atoms with Gasteiger partial charge in [0.05, 0.1) is 36.0 Å². The normalized spacial score (nSPS) is 12.4. The Morgan fingerprint density at radius 1 is 0.400 bits per heavy atom. The average molecular weight is 954 g/mol. The summed E-state index contributed by atoms with van der Waals surface area (Å²) in [5.74, 6) is -1.21. The Morgan fingerprint density at radius 2 is 0.671 bits per heavy atom. The van der Waals surface area contributed by atoms with E-state index < -0.39 is 47.0 Å². The minimum atomic E-state index is -0.787. The zero-order chi connectivity index (χ0) is 51.9. The third kappa shape index (κ3) is 13.4. The summed E-state index contributed by atoms with van der Waals surface area (Å²) in [6, 6.07) is 19.2. The summed E-state index contributed by atoms with van der Waals surface area (Å²) in [5, 5.41) is 0. The van der Waals surface area contributed by atoms with E-state index in [1.54, 1.807) is 81.4 Å². The molecule has 370 valence electrons. The summed E-state index contributed by atoms with van der Waals surface area (Å²) in [5.41, 5.74) is 6.39. The highest BCUT2D eigenvalue weighted by Gasteiger charge is 2.31. The number of nitrogens with zero attached hydrogens (tertiary/aromatic N) is 3. The highest BCUT2D eigenvalue weighted by Crippen LogP contribution is 2.29. The molecule has 0 unspecified atom stereocenters. The Balaban J connectivity index is 1.39. The van der Waals surface area contributed by atoms with Crippen molar-refractivity contribution in [1.82, 2.24) is 13.7 Å². The highest BCUT2D eigenvalue weighted by atomic mass is 16.6. The number of hydrogen-bond acceptors (Lipinski definition) is 10. The van der Waals surface area contributed by atoms with Gasteiger partial charge in [-0.3, -0.25) is 0 Å². The lowest BCUT2D eigenvalue weighted by Gasteiger charge is -2.21. The second kappa shape index (κ2) is 21.9. The Morgan fingerprint density at radius 3 is 0.943 bits per heavy atom. The molecule has 70 heavy (non-hydrogen) atoms. The minimum absolute atomic E-state index is 0.133. The molecule has 13 heteroatoms. The van der Waals surface area contributed by atoms with Crippen LogP contribution in [-0.2, 0) is 23.7 Å². The van der Waals surface area contributed by atoms with Crippen LogP contribution in [0.5, 0.6) is 0 Å². The fourth-order valence-electron chi connectivity index (χ4n) is 7.33. The number of esters is 2. The van der Waals surface area contributed by atoms with Crippen LogP contribution in [0.4, 0.5) is 14.4 Å². The van der Waals surface area contributed by atoms with Gasteiger partial charge in [0.1, 0.15) is 28.2 Å². The molecule has 0 saturated heterocycles. The molecule has 2 aromatic carbocycles. The largest absolute Gasteiger partial charge is 0.461 e. The topological polar surface area (TPSA) is 146 Å². The van der Waals surface area contributed by atoms with E-state index in [0.29, 0.717) is 33.9 Å². The van der Waals surface area contributed by atoms with E-state index in [9.17, 15) is 24.0 Å². The third-order valence-electron chi connectivity index (χ3n) is 10.8. The summed E-state index contributed by atoms with van der Waals surface area (Å²) >= 11 is 0. The number of rotatable bonds is 12. The van der Waals surface area contributed by atoms with Crippen LogP contribution in [0.1, 0.15) is 164 Å². The quantitative estimate of drug-likeness (QED) is 0.0874. The van der Waals surface area contributed by atoms with Crippen LogP contribution in [-0.4, -0.2) is 73.9 Å². The van der Waals surface area contributed by atoms with Crippen LogP contribution in [0.2, 0.25) is 0 Å². The predicted molar refractivity (Wildman–Crippen MR) is 278 cm³/mol. The van der Waals surface area contributed by atoms with Crippen LogP contribution in [0.25, 0.3) is 48.6 Å². The molecule has 5 aromatic rings. The lowest BCUT2D eigenvalue weighted by atomic mass is 10.1. The Bertz CT molecular complexity index is 2690. The first kappa shape index (κ1) is 53.5. The van der Waals surface area contributed by atoms with Gasteiger partial charge in [-0.25, -0.2) is 37.7 Å². The number of benzene rings is 2. The van der Waals surface area contributed by atoms with Crippen LogP contribution < -0.4 is 0 Å². The molecule has 3 heterocycles. The van der Waals surface area contributed by atoms with Gasteiger partial charge in [0, 0.05) is 0 Å². The van der Waals surface area contributed by atoms with Crippen molar-refractivity contribution in [2.45, 2.75) is 121 Å². The van der Waals surface area contributed by atoms with Gasteiger partial charge in [-0.05, 0) is 185 Å². The summed E-state index contributed by atoms with van der Waals surface area (Å²) < 4.78 is 31.9. The van der Waals surface area contributed by atoms with E-state index >= 15 is 0 Å². The van der Waals surface area contributed by atoms with E-state index in [4.69, 9.17) is 23.7 Å². The number of hydrogen-bond donors (Lipinski definition) is 0. The molecule has 0 atom stereocenters. The first-order valence-corrected chi connectivity index (χ1v) is 23.4. The maximum atomic E-state index is 13.7. The summed E-state index contributed by atoms with van der Waals surface area (Å²) in [7, 11) is 0.